The van der Waals surface area contributed by atoms with Gasteiger partial charge in [-0.25, -0.2) is 0 Å². The summed E-state index contributed by atoms with van der Waals surface area (Å²) in [6.07, 6.45) is 7.94. The lowest BCUT2D eigenvalue weighted by Gasteiger charge is -2.12. The summed E-state index contributed by atoms with van der Waals surface area (Å²) >= 11 is 0.907. The summed E-state index contributed by atoms with van der Waals surface area (Å²) in [4.78, 5) is 25.2. The molecule has 1 unspecified atom stereocenters. The highest BCUT2D eigenvalue weighted by molar-refractivity contribution is 8.18. The van der Waals surface area contributed by atoms with E-state index in [9.17, 15) is 9.59 Å². The van der Waals surface area contributed by atoms with Crippen molar-refractivity contribution in [2.75, 3.05) is 6.54 Å². The van der Waals surface area contributed by atoms with Gasteiger partial charge in [0.05, 0.1) is 17.6 Å². The second kappa shape index (κ2) is 7.19. The maximum Gasteiger partial charge on any atom is 0.294 e. The van der Waals surface area contributed by atoms with Crippen LogP contribution in [-0.4, -0.2) is 28.7 Å². The van der Waals surface area contributed by atoms with Gasteiger partial charge in [0.25, 0.3) is 11.1 Å². The summed E-state index contributed by atoms with van der Waals surface area (Å²) in [6, 6.07) is 7.41. The third-order valence-electron chi connectivity index (χ3n) is 3.21. The summed E-state index contributed by atoms with van der Waals surface area (Å²) in [7, 11) is 0. The molecule has 1 aromatic rings. The first-order chi connectivity index (χ1) is 10.5. The molecule has 2 amide bonds. The number of rotatable bonds is 5. The van der Waals surface area contributed by atoms with Gasteiger partial charge in [-0.05, 0) is 48.9 Å². The summed E-state index contributed by atoms with van der Waals surface area (Å²) in [5.74, 6) is 2.76. The molecule has 0 radical (unpaired) electrons. The van der Waals surface area contributed by atoms with E-state index in [0.717, 1.165) is 34.4 Å². The van der Waals surface area contributed by atoms with Gasteiger partial charge in [0, 0.05) is 0 Å². The van der Waals surface area contributed by atoms with Gasteiger partial charge in [0.1, 0.15) is 5.75 Å². The highest BCUT2D eigenvalue weighted by atomic mass is 32.2. The number of ether oxygens (including phenoxy) is 1. The largest absolute Gasteiger partial charge is 0.491 e. The van der Waals surface area contributed by atoms with Gasteiger partial charge in [-0.3, -0.25) is 14.5 Å². The Morgan fingerprint density at radius 2 is 2.05 bits per heavy atom. The molecule has 1 aromatic carbocycles. The summed E-state index contributed by atoms with van der Waals surface area (Å²) in [6.45, 7) is 4.07. The van der Waals surface area contributed by atoms with Crippen molar-refractivity contribution >= 4 is 29.0 Å². The molecule has 4 nitrogen and oxygen atoms in total. The van der Waals surface area contributed by atoms with Crippen LogP contribution in [0.4, 0.5) is 4.79 Å². The minimum atomic E-state index is -0.340. The summed E-state index contributed by atoms with van der Waals surface area (Å²) < 4.78 is 5.70. The lowest BCUT2D eigenvalue weighted by atomic mass is 10.2. The molecule has 0 spiro atoms. The Kier molecular flexibility index (Phi) is 5.29. The molecule has 2 rings (SSSR count). The highest BCUT2D eigenvalue weighted by Gasteiger charge is 2.34. The fourth-order valence-corrected chi connectivity index (χ4v) is 2.68. The molecule has 1 saturated heterocycles. The van der Waals surface area contributed by atoms with Crippen molar-refractivity contribution in [1.82, 2.24) is 4.90 Å². The predicted octanol–water partition coefficient (Wildman–Crippen LogP) is 3.53. The molecule has 5 heteroatoms. The molecule has 22 heavy (non-hydrogen) atoms. The van der Waals surface area contributed by atoms with E-state index in [1.807, 2.05) is 31.2 Å². The monoisotopic (exact) mass is 315 g/mol. The van der Waals surface area contributed by atoms with E-state index in [2.05, 4.69) is 12.8 Å². The fourth-order valence-electron chi connectivity index (χ4n) is 1.84. The van der Waals surface area contributed by atoms with E-state index in [0.29, 0.717) is 4.91 Å². The molecule has 1 aliphatic heterocycles. The van der Waals surface area contributed by atoms with E-state index in [-0.39, 0.29) is 23.8 Å². The van der Waals surface area contributed by atoms with Crippen molar-refractivity contribution in [1.29, 1.82) is 0 Å². The van der Waals surface area contributed by atoms with Crippen LogP contribution < -0.4 is 4.74 Å². The molecule has 1 fully saturated rings. The van der Waals surface area contributed by atoms with Crippen molar-refractivity contribution in [2.45, 2.75) is 26.4 Å². The Bertz CT molecular complexity index is 643. The third kappa shape index (κ3) is 3.71. The minimum absolute atomic E-state index is 0.00366. The smallest absolute Gasteiger partial charge is 0.294 e. The summed E-state index contributed by atoms with van der Waals surface area (Å²) in [5, 5.41) is -0.328. The van der Waals surface area contributed by atoms with Crippen LogP contribution in [0.3, 0.4) is 0 Å². The van der Waals surface area contributed by atoms with Gasteiger partial charge in [-0.1, -0.05) is 25.0 Å². The van der Waals surface area contributed by atoms with Gasteiger partial charge in [0.15, 0.2) is 0 Å². The Labute approximate surface area is 134 Å². The predicted molar refractivity (Wildman–Crippen MR) is 88.3 cm³/mol. The molecular weight excluding hydrogens is 298 g/mol. The molecule has 0 aliphatic carbocycles. The average Bonchev–Trinajstić information content (AvgIpc) is 2.77. The minimum Gasteiger partial charge on any atom is -0.491 e. The highest BCUT2D eigenvalue weighted by Crippen LogP contribution is 2.32. The lowest BCUT2D eigenvalue weighted by Crippen LogP contribution is -2.28. The zero-order chi connectivity index (χ0) is 16.1. The van der Waals surface area contributed by atoms with Gasteiger partial charge in [0.2, 0.25) is 0 Å². The zero-order valence-electron chi connectivity index (χ0n) is 12.5. The van der Waals surface area contributed by atoms with Crippen molar-refractivity contribution in [2.24, 2.45) is 0 Å². The Morgan fingerprint density at radius 3 is 2.64 bits per heavy atom. The van der Waals surface area contributed by atoms with E-state index in [1.165, 1.54) is 0 Å². The first-order valence-electron chi connectivity index (χ1n) is 7.00. The number of amides is 2. The number of carbonyl (C=O) groups excluding carboxylic acids is 2. The molecule has 0 saturated carbocycles. The van der Waals surface area contributed by atoms with E-state index in [1.54, 1.807) is 6.08 Å². The topological polar surface area (TPSA) is 46.6 Å². The van der Waals surface area contributed by atoms with Crippen LogP contribution in [0.5, 0.6) is 5.75 Å². The molecule has 1 atom stereocenters. The van der Waals surface area contributed by atoms with Crippen LogP contribution in [0, 0.1) is 12.3 Å². The molecule has 114 valence electrons. The fraction of sp³-hybridized carbons (Fsp3) is 0.294. The van der Waals surface area contributed by atoms with Crippen LogP contribution in [0.25, 0.3) is 6.08 Å². The zero-order valence-corrected chi connectivity index (χ0v) is 13.4. The molecule has 1 aliphatic rings. The first kappa shape index (κ1) is 16.2. The van der Waals surface area contributed by atoms with E-state index in [4.69, 9.17) is 11.2 Å². The van der Waals surface area contributed by atoms with Crippen molar-refractivity contribution in [3.8, 4) is 18.1 Å². The molecule has 0 N–H and O–H groups in total. The van der Waals surface area contributed by atoms with Gasteiger partial charge < -0.3 is 4.74 Å². The quantitative estimate of drug-likeness (QED) is 0.616. The normalized spacial score (nSPS) is 17.7. The first-order valence-corrected chi connectivity index (χ1v) is 7.82. The SMILES string of the molecule is C#CCN1C(=O)SC(=Cc2ccc(OC(C)CC)cc2)C1=O. The Morgan fingerprint density at radius 1 is 1.36 bits per heavy atom. The number of carbonyl (C=O) groups is 2. The standard InChI is InChI=1S/C17H17NO3S/c1-4-10-18-16(19)15(22-17(18)20)11-13-6-8-14(9-7-13)21-12(3)5-2/h1,6-9,11-12H,5,10H2,2-3H3. The van der Waals surface area contributed by atoms with Crippen LogP contribution >= 0.6 is 11.8 Å². The molecular formula is C17H17NO3S. The van der Waals surface area contributed by atoms with Gasteiger partial charge in [-0.15, -0.1) is 6.42 Å². The molecule has 1 heterocycles. The number of thioether (sulfide) groups is 1. The van der Waals surface area contributed by atoms with Crippen molar-refractivity contribution < 1.29 is 14.3 Å². The van der Waals surface area contributed by atoms with Crippen LogP contribution in [0.2, 0.25) is 0 Å². The number of nitrogens with zero attached hydrogens (tertiary/aromatic N) is 1. The Hall–Kier alpha value is -2.19. The number of imide groups is 1. The second-order valence-corrected chi connectivity index (χ2v) is 5.87. The van der Waals surface area contributed by atoms with Crippen LogP contribution in [0.1, 0.15) is 25.8 Å². The van der Waals surface area contributed by atoms with Gasteiger partial charge in [-0.2, -0.15) is 0 Å². The number of terminal acetylenes is 1. The van der Waals surface area contributed by atoms with Crippen LogP contribution in [-0.2, 0) is 4.79 Å². The van der Waals surface area contributed by atoms with E-state index >= 15 is 0 Å². The summed E-state index contributed by atoms with van der Waals surface area (Å²) in [5.41, 5.74) is 0.836. The maximum absolute atomic E-state index is 12.1. The lowest BCUT2D eigenvalue weighted by molar-refractivity contribution is -0.122. The van der Waals surface area contributed by atoms with E-state index < -0.39 is 0 Å². The number of hydrogen-bond acceptors (Lipinski definition) is 4. The average molecular weight is 315 g/mol. The number of hydrogen-bond donors (Lipinski definition) is 0. The van der Waals surface area contributed by atoms with Crippen LogP contribution in [0.15, 0.2) is 29.2 Å². The number of benzene rings is 1. The molecule has 0 bridgehead atoms. The van der Waals surface area contributed by atoms with Crippen molar-refractivity contribution in [3.63, 3.8) is 0 Å². The van der Waals surface area contributed by atoms with Crippen molar-refractivity contribution in [3.05, 3.63) is 34.7 Å². The second-order valence-electron chi connectivity index (χ2n) is 4.88. The third-order valence-corrected chi connectivity index (χ3v) is 4.12. The molecule has 0 aromatic heterocycles. The van der Waals surface area contributed by atoms with Gasteiger partial charge >= 0.3 is 0 Å². The maximum atomic E-state index is 12.1. The Balaban J connectivity index is 2.12.